The van der Waals surface area contributed by atoms with Crippen LogP contribution in [0.5, 0.6) is 0 Å². The lowest BCUT2D eigenvalue weighted by Gasteiger charge is -2.31. The third-order valence-electron chi connectivity index (χ3n) is 4.49. The van der Waals surface area contributed by atoms with Crippen LogP contribution < -0.4 is 10.4 Å². The molecule has 112 valence electrons. The van der Waals surface area contributed by atoms with Crippen LogP contribution in [0, 0.1) is 11.3 Å². The zero-order chi connectivity index (χ0) is 15.4. The molecule has 21 heavy (non-hydrogen) atoms. The van der Waals surface area contributed by atoms with E-state index in [2.05, 4.69) is 15.4 Å². The van der Waals surface area contributed by atoms with E-state index in [9.17, 15) is 9.59 Å². The van der Waals surface area contributed by atoms with Crippen LogP contribution in [-0.2, 0) is 9.59 Å². The molecule has 2 fully saturated rings. The number of halogens is 1. The number of hydrogen-bond acceptors (Lipinski definition) is 4. The number of carbonyl (C=O) groups excluding carboxylic acids is 2. The van der Waals surface area contributed by atoms with Crippen molar-refractivity contribution in [3.8, 4) is 0 Å². The summed E-state index contributed by atoms with van der Waals surface area (Å²) in [6.07, 6.45) is 2.59. The number of amides is 2. The molecule has 7 heteroatoms. The monoisotopic (exact) mass is 308 g/mol. The third-order valence-corrected chi connectivity index (χ3v) is 4.79. The van der Waals surface area contributed by atoms with E-state index >= 15 is 0 Å². The van der Waals surface area contributed by atoms with Crippen molar-refractivity contribution in [3.63, 3.8) is 0 Å². The Kier molecular flexibility index (Phi) is 3.16. The van der Waals surface area contributed by atoms with E-state index in [-0.39, 0.29) is 23.7 Å². The largest absolute Gasteiger partial charge is 0.273 e. The van der Waals surface area contributed by atoms with Gasteiger partial charge in [0.25, 0.3) is 5.91 Å². The molecule has 6 nitrogen and oxygen atoms in total. The Balaban J connectivity index is 2.01. The Morgan fingerprint density at radius 3 is 2.81 bits per heavy atom. The summed E-state index contributed by atoms with van der Waals surface area (Å²) >= 11 is 6.13. The maximum absolute atomic E-state index is 12.6. The highest BCUT2D eigenvalue weighted by molar-refractivity contribution is 6.30. The second-order valence-electron chi connectivity index (χ2n) is 5.94. The molecular formula is C14H17ClN4O2. The first-order valence-electron chi connectivity index (χ1n) is 7.07. The van der Waals surface area contributed by atoms with Crippen molar-refractivity contribution < 1.29 is 9.59 Å². The molecule has 2 heterocycles. The Bertz CT molecular complexity index is 633. The van der Waals surface area contributed by atoms with E-state index in [0.29, 0.717) is 29.4 Å². The molecule has 1 N–H and O–H groups in total. The van der Waals surface area contributed by atoms with Gasteiger partial charge < -0.3 is 0 Å². The molecule has 1 saturated carbocycles. The number of fused-ring (bicyclic) bond motifs is 1. The highest BCUT2D eigenvalue weighted by Crippen LogP contribution is 2.58. The van der Waals surface area contributed by atoms with Crippen molar-refractivity contribution in [2.24, 2.45) is 11.3 Å². The Labute approximate surface area is 127 Å². The number of anilines is 1. The minimum absolute atomic E-state index is 0.0375. The van der Waals surface area contributed by atoms with Gasteiger partial charge in [0.05, 0.1) is 11.3 Å². The highest BCUT2D eigenvalue weighted by atomic mass is 35.5. The fourth-order valence-electron chi connectivity index (χ4n) is 3.05. The summed E-state index contributed by atoms with van der Waals surface area (Å²) in [7, 11) is 0. The number of hydrazine groups is 1. The van der Waals surface area contributed by atoms with Crippen LogP contribution in [0.15, 0.2) is 6.33 Å². The number of nitrogens with one attached hydrogen (secondary N) is 1. The summed E-state index contributed by atoms with van der Waals surface area (Å²) in [4.78, 5) is 33.0. The highest BCUT2D eigenvalue weighted by Gasteiger charge is 2.66. The molecule has 0 unspecified atom stereocenters. The number of rotatable bonds is 3. The molecular weight excluding hydrogens is 292 g/mol. The van der Waals surface area contributed by atoms with Crippen molar-refractivity contribution in [1.82, 2.24) is 15.4 Å². The van der Waals surface area contributed by atoms with Gasteiger partial charge in [0.1, 0.15) is 11.5 Å². The van der Waals surface area contributed by atoms with E-state index < -0.39 is 5.41 Å². The molecule has 2 amide bonds. The fraction of sp³-hybridized carbons (Fsp3) is 0.571. The molecule has 1 aliphatic heterocycles. The molecule has 2 atom stereocenters. The average molecular weight is 309 g/mol. The maximum atomic E-state index is 12.6. The normalized spacial score (nSPS) is 27.7. The van der Waals surface area contributed by atoms with Crippen LogP contribution in [0.3, 0.4) is 0 Å². The Morgan fingerprint density at radius 1 is 1.48 bits per heavy atom. The average Bonchev–Trinajstić information content (AvgIpc) is 3.19. The maximum Gasteiger partial charge on any atom is 0.251 e. The SMILES string of the molecule is CC[C@]12C[C@H]1C(=O)N(c1ncnc(Cl)c1C(C)C)NC2=O. The van der Waals surface area contributed by atoms with E-state index in [0.717, 1.165) is 0 Å². The van der Waals surface area contributed by atoms with E-state index in [1.165, 1.54) is 11.3 Å². The zero-order valence-electron chi connectivity index (χ0n) is 12.2. The van der Waals surface area contributed by atoms with Gasteiger partial charge in [-0.15, -0.1) is 0 Å². The lowest BCUT2D eigenvalue weighted by atomic mass is 9.97. The van der Waals surface area contributed by atoms with Crippen LogP contribution in [0.4, 0.5) is 5.82 Å². The van der Waals surface area contributed by atoms with Gasteiger partial charge in [-0.1, -0.05) is 32.4 Å². The summed E-state index contributed by atoms with van der Waals surface area (Å²) < 4.78 is 0. The Hall–Kier alpha value is -1.69. The molecule has 1 aliphatic carbocycles. The minimum atomic E-state index is -0.512. The van der Waals surface area contributed by atoms with E-state index in [1.807, 2.05) is 20.8 Å². The van der Waals surface area contributed by atoms with Gasteiger partial charge in [-0.3, -0.25) is 15.0 Å². The van der Waals surface area contributed by atoms with Gasteiger partial charge in [-0.2, -0.15) is 0 Å². The molecule has 1 aromatic heterocycles. The molecule has 3 rings (SSSR count). The van der Waals surface area contributed by atoms with Crippen LogP contribution in [0.25, 0.3) is 0 Å². The summed E-state index contributed by atoms with van der Waals surface area (Å²) in [5, 5.41) is 1.55. The molecule has 0 spiro atoms. The van der Waals surface area contributed by atoms with Crippen molar-refractivity contribution in [1.29, 1.82) is 0 Å². The van der Waals surface area contributed by atoms with Crippen molar-refractivity contribution in [3.05, 3.63) is 17.0 Å². The first-order chi connectivity index (χ1) is 9.92. The summed E-state index contributed by atoms with van der Waals surface area (Å²) in [5.74, 6) is -0.0624. The number of aromatic nitrogens is 2. The molecule has 1 aromatic rings. The lowest BCUT2D eigenvalue weighted by Crippen LogP contribution is -2.56. The van der Waals surface area contributed by atoms with Gasteiger partial charge in [0, 0.05) is 5.56 Å². The summed E-state index contributed by atoms with van der Waals surface area (Å²) in [6, 6.07) is 0. The minimum Gasteiger partial charge on any atom is -0.273 e. The smallest absolute Gasteiger partial charge is 0.251 e. The van der Waals surface area contributed by atoms with Crippen LogP contribution in [-0.4, -0.2) is 21.8 Å². The van der Waals surface area contributed by atoms with Crippen LogP contribution in [0.1, 0.15) is 45.1 Å². The third kappa shape index (κ3) is 1.92. The van der Waals surface area contributed by atoms with E-state index in [4.69, 9.17) is 11.6 Å². The molecule has 1 saturated heterocycles. The van der Waals surface area contributed by atoms with Gasteiger partial charge in [0.2, 0.25) is 5.91 Å². The second-order valence-corrected chi connectivity index (χ2v) is 6.30. The predicted octanol–water partition coefficient (Wildman–Crippen LogP) is 2.05. The van der Waals surface area contributed by atoms with Crippen LogP contribution >= 0.6 is 11.6 Å². The number of carbonyl (C=O) groups is 2. The topological polar surface area (TPSA) is 75.2 Å². The quantitative estimate of drug-likeness (QED) is 0.867. The van der Waals surface area contributed by atoms with Crippen molar-refractivity contribution in [2.45, 2.75) is 39.5 Å². The van der Waals surface area contributed by atoms with Gasteiger partial charge in [0.15, 0.2) is 5.82 Å². The predicted molar refractivity (Wildman–Crippen MR) is 77.6 cm³/mol. The van der Waals surface area contributed by atoms with Gasteiger partial charge in [-0.25, -0.2) is 15.0 Å². The Morgan fingerprint density at radius 2 is 2.19 bits per heavy atom. The van der Waals surface area contributed by atoms with Gasteiger partial charge >= 0.3 is 0 Å². The summed E-state index contributed by atoms with van der Waals surface area (Å²) in [5.41, 5.74) is 2.84. The van der Waals surface area contributed by atoms with Gasteiger partial charge in [-0.05, 0) is 18.8 Å². The van der Waals surface area contributed by atoms with Crippen molar-refractivity contribution >= 4 is 29.2 Å². The molecule has 0 radical (unpaired) electrons. The molecule has 2 aliphatic rings. The molecule has 0 aromatic carbocycles. The first-order valence-corrected chi connectivity index (χ1v) is 7.45. The zero-order valence-corrected chi connectivity index (χ0v) is 12.9. The first kappa shape index (κ1) is 14.3. The number of hydrogen-bond donors (Lipinski definition) is 1. The standard InChI is InChI=1S/C14H17ClN4O2/c1-4-14-5-8(14)12(20)19(18-13(14)21)11-9(7(2)3)10(15)16-6-17-11/h6-8H,4-5H2,1-3H3,(H,18,21)/t8-,14-/m0/s1. The second kappa shape index (κ2) is 4.66. The van der Waals surface area contributed by atoms with Crippen molar-refractivity contribution in [2.75, 3.05) is 5.01 Å². The fourth-order valence-corrected chi connectivity index (χ4v) is 3.40. The molecule has 0 bridgehead atoms. The number of nitrogens with zero attached hydrogens (tertiary/aromatic N) is 3. The van der Waals surface area contributed by atoms with E-state index in [1.54, 1.807) is 0 Å². The van der Waals surface area contributed by atoms with Crippen LogP contribution in [0.2, 0.25) is 5.15 Å². The lowest BCUT2D eigenvalue weighted by molar-refractivity contribution is -0.136. The summed E-state index contributed by atoms with van der Waals surface area (Å²) in [6.45, 7) is 5.82.